The van der Waals surface area contributed by atoms with E-state index < -0.39 is 5.97 Å². The number of ether oxygens (including phenoxy) is 1. The molecule has 0 rings (SSSR count). The van der Waals surface area contributed by atoms with Gasteiger partial charge in [0.1, 0.15) is 6.10 Å². The lowest BCUT2D eigenvalue weighted by Gasteiger charge is -2.18. The predicted molar refractivity (Wildman–Crippen MR) is 163 cm³/mol. The molecule has 0 aromatic rings. The molecular formula is C34H66O4. The predicted octanol–water partition coefficient (Wildman–Crippen LogP) is 11.3. The van der Waals surface area contributed by atoms with Gasteiger partial charge < -0.3 is 9.84 Å². The zero-order valence-corrected chi connectivity index (χ0v) is 25.8. The van der Waals surface area contributed by atoms with Gasteiger partial charge in [0, 0.05) is 12.8 Å². The molecule has 0 saturated carbocycles. The molecule has 1 atom stereocenters. The van der Waals surface area contributed by atoms with Gasteiger partial charge in [-0.05, 0) is 38.5 Å². The van der Waals surface area contributed by atoms with Crippen LogP contribution in [0.4, 0.5) is 0 Å². The second kappa shape index (κ2) is 30.5. The zero-order valence-electron chi connectivity index (χ0n) is 25.8. The van der Waals surface area contributed by atoms with Gasteiger partial charge in [-0.25, -0.2) is 0 Å². The number of carbonyl (C=O) groups is 2. The van der Waals surface area contributed by atoms with E-state index in [0.29, 0.717) is 12.8 Å². The van der Waals surface area contributed by atoms with E-state index in [4.69, 9.17) is 9.84 Å². The lowest BCUT2D eigenvalue weighted by Crippen LogP contribution is -2.18. The topological polar surface area (TPSA) is 63.6 Å². The summed E-state index contributed by atoms with van der Waals surface area (Å²) in [6.45, 7) is 4.53. The largest absolute Gasteiger partial charge is 0.481 e. The van der Waals surface area contributed by atoms with Crippen molar-refractivity contribution in [3.05, 3.63) is 0 Å². The Kier molecular flexibility index (Phi) is 29.6. The highest BCUT2D eigenvalue weighted by molar-refractivity contribution is 5.69. The van der Waals surface area contributed by atoms with Crippen LogP contribution < -0.4 is 0 Å². The number of hydrogen-bond donors (Lipinski definition) is 1. The first kappa shape index (κ1) is 36.9. The van der Waals surface area contributed by atoms with Gasteiger partial charge in [0.2, 0.25) is 0 Å². The average molecular weight is 539 g/mol. The van der Waals surface area contributed by atoms with Crippen LogP contribution in [-0.2, 0) is 14.3 Å². The smallest absolute Gasteiger partial charge is 0.306 e. The van der Waals surface area contributed by atoms with Gasteiger partial charge >= 0.3 is 11.9 Å². The first-order valence-electron chi connectivity index (χ1n) is 17.0. The molecule has 0 aliphatic carbocycles. The normalized spacial score (nSPS) is 12.1. The lowest BCUT2D eigenvalue weighted by molar-refractivity contribution is -0.150. The summed E-state index contributed by atoms with van der Waals surface area (Å²) in [4.78, 5) is 23.3. The third-order valence-corrected chi connectivity index (χ3v) is 7.83. The first-order chi connectivity index (χ1) is 18.6. The lowest BCUT2D eigenvalue weighted by atomic mass is 10.0. The maximum Gasteiger partial charge on any atom is 0.306 e. The van der Waals surface area contributed by atoms with E-state index >= 15 is 0 Å². The van der Waals surface area contributed by atoms with Crippen molar-refractivity contribution in [1.29, 1.82) is 0 Å². The van der Waals surface area contributed by atoms with Crippen molar-refractivity contribution in [2.24, 2.45) is 0 Å². The van der Waals surface area contributed by atoms with E-state index in [0.717, 1.165) is 38.5 Å². The molecule has 0 bridgehead atoms. The minimum Gasteiger partial charge on any atom is -0.481 e. The van der Waals surface area contributed by atoms with Crippen LogP contribution in [0.2, 0.25) is 0 Å². The molecule has 4 nitrogen and oxygen atoms in total. The molecule has 4 heteroatoms. The van der Waals surface area contributed by atoms with Crippen molar-refractivity contribution in [3.63, 3.8) is 0 Å². The number of carboxylic acids is 1. The maximum absolute atomic E-state index is 12.5. The van der Waals surface area contributed by atoms with Crippen LogP contribution in [0.1, 0.15) is 200 Å². The Morgan fingerprint density at radius 2 is 0.789 bits per heavy atom. The summed E-state index contributed by atoms with van der Waals surface area (Å²) < 4.78 is 5.86. The molecule has 0 aliphatic heterocycles. The fourth-order valence-electron chi connectivity index (χ4n) is 5.30. The third-order valence-electron chi connectivity index (χ3n) is 7.83. The quantitative estimate of drug-likeness (QED) is 0.0704. The molecule has 1 N–H and O–H groups in total. The Balaban J connectivity index is 3.88. The molecule has 0 amide bonds. The Labute approximate surface area is 237 Å². The van der Waals surface area contributed by atoms with Crippen molar-refractivity contribution in [2.75, 3.05) is 0 Å². The fraction of sp³-hybridized carbons (Fsp3) is 0.941. The first-order valence-corrected chi connectivity index (χ1v) is 17.0. The van der Waals surface area contributed by atoms with Crippen LogP contribution in [0.25, 0.3) is 0 Å². The van der Waals surface area contributed by atoms with Crippen LogP contribution >= 0.6 is 0 Å². The van der Waals surface area contributed by atoms with Crippen LogP contribution in [0.5, 0.6) is 0 Å². The van der Waals surface area contributed by atoms with Gasteiger partial charge in [-0.15, -0.1) is 0 Å². The monoisotopic (exact) mass is 538 g/mol. The Hall–Kier alpha value is -1.06. The fourth-order valence-corrected chi connectivity index (χ4v) is 5.30. The summed E-state index contributed by atoms with van der Waals surface area (Å²) >= 11 is 0. The van der Waals surface area contributed by atoms with Crippen LogP contribution in [-0.4, -0.2) is 23.1 Å². The maximum atomic E-state index is 12.5. The van der Waals surface area contributed by atoms with Crippen molar-refractivity contribution in [3.8, 4) is 0 Å². The summed E-state index contributed by atoms with van der Waals surface area (Å²) in [5.74, 6) is -0.793. The highest BCUT2D eigenvalue weighted by Crippen LogP contribution is 2.18. The standard InChI is InChI=1S/C34H66O4/c1-3-5-7-9-11-13-15-16-17-19-21-23-25-31-34(37)38-32(29-26-27-30-33(35)36)28-24-22-20-18-14-12-10-8-6-4-2/h32H,3-31H2,1-2H3,(H,35,36). The van der Waals surface area contributed by atoms with Gasteiger partial charge in [-0.1, -0.05) is 149 Å². The number of hydrogen-bond acceptors (Lipinski definition) is 3. The highest BCUT2D eigenvalue weighted by Gasteiger charge is 2.14. The number of carboxylic acid groups (broad SMARTS) is 1. The average Bonchev–Trinajstić information content (AvgIpc) is 2.90. The molecule has 0 spiro atoms. The second-order valence-electron chi connectivity index (χ2n) is 11.7. The minimum atomic E-state index is -0.740. The van der Waals surface area contributed by atoms with Crippen molar-refractivity contribution >= 4 is 11.9 Å². The van der Waals surface area contributed by atoms with Gasteiger partial charge in [0.05, 0.1) is 0 Å². The molecule has 0 heterocycles. The number of esters is 1. The highest BCUT2D eigenvalue weighted by atomic mass is 16.5. The van der Waals surface area contributed by atoms with Gasteiger partial charge in [-0.3, -0.25) is 9.59 Å². The molecule has 38 heavy (non-hydrogen) atoms. The molecule has 1 unspecified atom stereocenters. The van der Waals surface area contributed by atoms with Crippen LogP contribution in [0.3, 0.4) is 0 Å². The Morgan fingerprint density at radius 1 is 0.474 bits per heavy atom. The molecule has 0 aromatic heterocycles. The van der Waals surface area contributed by atoms with Gasteiger partial charge in [0.25, 0.3) is 0 Å². The summed E-state index contributed by atoms with van der Waals surface area (Å²) in [6.07, 6.45) is 33.9. The third kappa shape index (κ3) is 29.5. The molecule has 0 radical (unpaired) electrons. The summed E-state index contributed by atoms with van der Waals surface area (Å²) in [6, 6.07) is 0. The van der Waals surface area contributed by atoms with Crippen molar-refractivity contribution in [1.82, 2.24) is 0 Å². The SMILES string of the molecule is CCCCCCCCCCCCCCCC(=O)OC(CCCCCCCCCCCC)CCCCC(=O)O. The van der Waals surface area contributed by atoms with E-state index in [1.807, 2.05) is 0 Å². The van der Waals surface area contributed by atoms with Gasteiger partial charge in [0.15, 0.2) is 0 Å². The zero-order chi connectivity index (χ0) is 27.9. The molecule has 0 aromatic carbocycles. The Bertz CT molecular complexity index is 505. The van der Waals surface area contributed by atoms with Crippen LogP contribution in [0.15, 0.2) is 0 Å². The summed E-state index contributed by atoms with van der Waals surface area (Å²) in [7, 11) is 0. The van der Waals surface area contributed by atoms with Crippen molar-refractivity contribution < 1.29 is 19.4 Å². The number of rotatable bonds is 31. The molecule has 226 valence electrons. The summed E-state index contributed by atoms with van der Waals surface area (Å²) in [5, 5.41) is 8.89. The van der Waals surface area contributed by atoms with E-state index in [-0.39, 0.29) is 18.5 Å². The van der Waals surface area contributed by atoms with E-state index in [2.05, 4.69) is 13.8 Å². The molecule has 0 fully saturated rings. The number of aliphatic carboxylic acids is 1. The van der Waals surface area contributed by atoms with Gasteiger partial charge in [-0.2, -0.15) is 0 Å². The van der Waals surface area contributed by atoms with Crippen molar-refractivity contribution in [2.45, 2.75) is 206 Å². The minimum absolute atomic E-state index is 0.0349. The molecule has 0 saturated heterocycles. The van der Waals surface area contributed by atoms with E-state index in [1.165, 1.54) is 128 Å². The molecular weight excluding hydrogens is 472 g/mol. The number of unbranched alkanes of at least 4 members (excludes halogenated alkanes) is 22. The van der Waals surface area contributed by atoms with Crippen LogP contribution in [0, 0.1) is 0 Å². The van der Waals surface area contributed by atoms with E-state index in [9.17, 15) is 9.59 Å². The number of carbonyl (C=O) groups excluding carboxylic acids is 1. The second-order valence-corrected chi connectivity index (χ2v) is 11.7. The summed E-state index contributed by atoms with van der Waals surface area (Å²) in [5.41, 5.74) is 0. The Morgan fingerprint density at radius 3 is 1.18 bits per heavy atom. The molecule has 0 aliphatic rings. The van der Waals surface area contributed by atoms with E-state index in [1.54, 1.807) is 0 Å².